The lowest BCUT2D eigenvalue weighted by molar-refractivity contribution is -0.385. The van der Waals surface area contributed by atoms with Crippen molar-refractivity contribution >= 4 is 17.3 Å². The van der Waals surface area contributed by atoms with Crippen molar-refractivity contribution in [1.82, 2.24) is 0 Å². The molecule has 126 valence electrons. The summed E-state index contributed by atoms with van der Waals surface area (Å²) in [6.07, 6.45) is 0. The van der Waals surface area contributed by atoms with E-state index in [1.807, 2.05) is 0 Å². The van der Waals surface area contributed by atoms with Crippen molar-refractivity contribution in [2.75, 3.05) is 5.32 Å². The lowest BCUT2D eigenvalue weighted by Crippen LogP contribution is -2.11. The zero-order chi connectivity index (χ0) is 18.0. The minimum absolute atomic E-state index is 0.0440. The van der Waals surface area contributed by atoms with Gasteiger partial charge < -0.3 is 9.73 Å². The van der Waals surface area contributed by atoms with Crippen molar-refractivity contribution < 1.29 is 18.5 Å². The van der Waals surface area contributed by atoms with E-state index in [1.54, 1.807) is 37.3 Å². The Labute approximate surface area is 142 Å². The second kappa shape index (κ2) is 6.56. The predicted octanol–water partition coefficient (Wildman–Crippen LogP) is 4.55. The largest absolute Gasteiger partial charge is 0.451 e. The van der Waals surface area contributed by atoms with E-state index in [-0.39, 0.29) is 17.3 Å². The molecule has 0 saturated heterocycles. The van der Waals surface area contributed by atoms with E-state index in [2.05, 4.69) is 5.32 Å². The first-order valence-electron chi connectivity index (χ1n) is 7.36. The summed E-state index contributed by atoms with van der Waals surface area (Å²) >= 11 is 0. The van der Waals surface area contributed by atoms with Gasteiger partial charge in [-0.1, -0.05) is 6.07 Å². The van der Waals surface area contributed by atoms with Crippen LogP contribution in [0.5, 0.6) is 0 Å². The number of carbonyl (C=O) groups is 1. The third-order valence-corrected chi connectivity index (χ3v) is 3.62. The number of amides is 1. The molecule has 7 heteroatoms. The summed E-state index contributed by atoms with van der Waals surface area (Å²) in [4.78, 5) is 22.7. The third kappa shape index (κ3) is 3.55. The number of furan rings is 1. The van der Waals surface area contributed by atoms with Crippen LogP contribution >= 0.6 is 0 Å². The minimum atomic E-state index is -0.536. The standard InChI is InChI=1S/C18H13FN2O4/c1-11-2-7-14(10-15(11)21(23)24)20-18(22)17-9-8-16(25-17)12-3-5-13(19)6-4-12/h2-10H,1H3,(H,20,22). The number of benzene rings is 2. The summed E-state index contributed by atoms with van der Waals surface area (Å²) in [5, 5.41) is 13.5. The van der Waals surface area contributed by atoms with E-state index in [0.29, 0.717) is 22.6 Å². The quantitative estimate of drug-likeness (QED) is 0.557. The van der Waals surface area contributed by atoms with Gasteiger partial charge in [0.2, 0.25) is 0 Å². The van der Waals surface area contributed by atoms with Crippen LogP contribution in [0.1, 0.15) is 16.1 Å². The maximum Gasteiger partial charge on any atom is 0.291 e. The Balaban J connectivity index is 1.79. The predicted molar refractivity (Wildman–Crippen MR) is 89.9 cm³/mol. The third-order valence-electron chi connectivity index (χ3n) is 3.62. The number of carbonyl (C=O) groups excluding carboxylic acids is 1. The molecule has 0 aliphatic carbocycles. The highest BCUT2D eigenvalue weighted by molar-refractivity contribution is 6.02. The van der Waals surface area contributed by atoms with Crippen molar-refractivity contribution in [3.05, 3.63) is 81.9 Å². The van der Waals surface area contributed by atoms with Crippen LogP contribution in [0.3, 0.4) is 0 Å². The molecule has 0 radical (unpaired) electrons. The molecule has 0 aliphatic heterocycles. The van der Waals surface area contributed by atoms with Crippen LogP contribution in [0.25, 0.3) is 11.3 Å². The molecular weight excluding hydrogens is 327 g/mol. The Morgan fingerprint density at radius 3 is 2.52 bits per heavy atom. The summed E-state index contributed by atoms with van der Waals surface area (Å²) in [6.45, 7) is 1.62. The van der Waals surface area contributed by atoms with Crippen molar-refractivity contribution in [1.29, 1.82) is 0 Å². The number of hydrogen-bond donors (Lipinski definition) is 1. The second-order valence-electron chi connectivity index (χ2n) is 5.38. The fourth-order valence-corrected chi connectivity index (χ4v) is 2.31. The summed E-state index contributed by atoms with van der Waals surface area (Å²) in [7, 11) is 0. The fraction of sp³-hybridized carbons (Fsp3) is 0.0556. The molecule has 1 heterocycles. The molecule has 1 aromatic heterocycles. The van der Waals surface area contributed by atoms with Crippen LogP contribution in [0.2, 0.25) is 0 Å². The van der Waals surface area contributed by atoms with Crippen molar-refractivity contribution in [2.45, 2.75) is 6.92 Å². The summed E-state index contributed by atoms with van der Waals surface area (Å²) in [5.74, 6) is -0.441. The number of nitrogens with one attached hydrogen (secondary N) is 1. The molecule has 0 spiro atoms. The Morgan fingerprint density at radius 1 is 1.12 bits per heavy atom. The molecule has 0 saturated carbocycles. The zero-order valence-corrected chi connectivity index (χ0v) is 13.2. The SMILES string of the molecule is Cc1ccc(NC(=O)c2ccc(-c3ccc(F)cc3)o2)cc1[N+](=O)[O-]. The minimum Gasteiger partial charge on any atom is -0.451 e. The zero-order valence-electron chi connectivity index (χ0n) is 13.2. The van der Waals surface area contributed by atoms with Gasteiger partial charge in [0.05, 0.1) is 4.92 Å². The van der Waals surface area contributed by atoms with Crippen LogP contribution in [-0.4, -0.2) is 10.8 Å². The van der Waals surface area contributed by atoms with Gasteiger partial charge in [-0.25, -0.2) is 4.39 Å². The smallest absolute Gasteiger partial charge is 0.291 e. The first-order valence-corrected chi connectivity index (χ1v) is 7.36. The Hall–Kier alpha value is -3.48. The fourth-order valence-electron chi connectivity index (χ4n) is 2.31. The first kappa shape index (κ1) is 16.4. The normalized spacial score (nSPS) is 10.5. The van der Waals surface area contributed by atoms with Gasteiger partial charge in [0, 0.05) is 22.9 Å². The number of halogens is 1. The molecule has 0 fully saturated rings. The van der Waals surface area contributed by atoms with Gasteiger partial charge in [-0.05, 0) is 49.4 Å². The van der Waals surface area contributed by atoms with Gasteiger partial charge in [-0.3, -0.25) is 14.9 Å². The molecule has 0 bridgehead atoms. The van der Waals surface area contributed by atoms with Crippen molar-refractivity contribution in [2.24, 2.45) is 0 Å². The molecule has 1 amide bonds. The summed E-state index contributed by atoms with van der Waals surface area (Å²) < 4.78 is 18.4. The number of hydrogen-bond acceptors (Lipinski definition) is 4. The molecular formula is C18H13FN2O4. The topological polar surface area (TPSA) is 85.4 Å². The Kier molecular flexibility index (Phi) is 4.30. The van der Waals surface area contributed by atoms with Crippen LogP contribution in [-0.2, 0) is 0 Å². The summed E-state index contributed by atoms with van der Waals surface area (Å²) in [6, 6.07) is 13.2. The van der Waals surface area contributed by atoms with E-state index < -0.39 is 10.8 Å². The van der Waals surface area contributed by atoms with E-state index in [9.17, 15) is 19.3 Å². The van der Waals surface area contributed by atoms with Crippen LogP contribution in [0.15, 0.2) is 59.0 Å². The number of aryl methyl sites for hydroxylation is 1. The first-order chi connectivity index (χ1) is 11.9. The molecule has 1 N–H and O–H groups in total. The summed E-state index contributed by atoms with van der Waals surface area (Å²) in [5.41, 5.74) is 1.34. The number of nitro benzene ring substituents is 1. The number of anilines is 1. The number of nitrogens with zero attached hydrogens (tertiary/aromatic N) is 1. The van der Waals surface area contributed by atoms with Crippen molar-refractivity contribution in [3.63, 3.8) is 0 Å². The molecule has 3 rings (SSSR count). The number of nitro groups is 1. The van der Waals surface area contributed by atoms with E-state index >= 15 is 0 Å². The highest BCUT2D eigenvalue weighted by atomic mass is 19.1. The lowest BCUT2D eigenvalue weighted by atomic mass is 10.2. The van der Waals surface area contributed by atoms with Gasteiger partial charge in [0.1, 0.15) is 11.6 Å². The van der Waals surface area contributed by atoms with Crippen molar-refractivity contribution in [3.8, 4) is 11.3 Å². The van der Waals surface area contributed by atoms with Gasteiger partial charge in [-0.15, -0.1) is 0 Å². The highest BCUT2D eigenvalue weighted by Gasteiger charge is 2.16. The molecule has 2 aromatic carbocycles. The molecule has 6 nitrogen and oxygen atoms in total. The van der Waals surface area contributed by atoms with Crippen LogP contribution in [0.4, 0.5) is 15.8 Å². The van der Waals surface area contributed by atoms with Gasteiger partial charge in [-0.2, -0.15) is 0 Å². The van der Waals surface area contributed by atoms with E-state index in [4.69, 9.17) is 4.42 Å². The van der Waals surface area contributed by atoms with E-state index in [1.165, 1.54) is 24.3 Å². The van der Waals surface area contributed by atoms with Gasteiger partial charge in [0.15, 0.2) is 5.76 Å². The second-order valence-corrected chi connectivity index (χ2v) is 5.38. The van der Waals surface area contributed by atoms with E-state index in [0.717, 1.165) is 0 Å². The Bertz CT molecular complexity index is 948. The molecule has 0 atom stereocenters. The maximum absolute atomic E-state index is 13.0. The van der Waals surface area contributed by atoms with Gasteiger partial charge in [0.25, 0.3) is 11.6 Å². The average Bonchev–Trinajstić information content (AvgIpc) is 3.07. The monoisotopic (exact) mass is 340 g/mol. The maximum atomic E-state index is 13.0. The van der Waals surface area contributed by atoms with Crippen LogP contribution < -0.4 is 5.32 Å². The number of rotatable bonds is 4. The Morgan fingerprint density at radius 2 is 1.84 bits per heavy atom. The molecule has 0 aliphatic rings. The molecule has 3 aromatic rings. The molecule has 25 heavy (non-hydrogen) atoms. The molecule has 0 unspecified atom stereocenters. The van der Waals surface area contributed by atoms with Crippen LogP contribution in [0, 0.1) is 22.9 Å². The average molecular weight is 340 g/mol. The lowest BCUT2D eigenvalue weighted by Gasteiger charge is -2.04. The van der Waals surface area contributed by atoms with Gasteiger partial charge >= 0.3 is 0 Å². The highest BCUT2D eigenvalue weighted by Crippen LogP contribution is 2.25.